The highest BCUT2D eigenvalue weighted by Crippen LogP contribution is 2.18. The van der Waals surface area contributed by atoms with Crippen LogP contribution in [0.2, 0.25) is 0 Å². The highest BCUT2D eigenvalue weighted by atomic mass is 79.9. The average molecular weight is 327 g/mol. The van der Waals surface area contributed by atoms with Crippen LogP contribution in [0.25, 0.3) is 0 Å². The predicted molar refractivity (Wildman–Crippen MR) is 73.6 cm³/mol. The number of ether oxygens (including phenoxy) is 2. The van der Waals surface area contributed by atoms with E-state index in [1.54, 1.807) is 24.6 Å². The molecule has 0 aliphatic carbocycles. The number of aromatic nitrogens is 1. The molecule has 1 fully saturated rings. The van der Waals surface area contributed by atoms with E-state index >= 15 is 0 Å². The van der Waals surface area contributed by atoms with E-state index in [9.17, 15) is 4.79 Å². The molecule has 0 aromatic carbocycles. The van der Waals surface area contributed by atoms with Gasteiger partial charge in [-0.25, -0.2) is 4.98 Å². The number of esters is 1. The van der Waals surface area contributed by atoms with Crippen molar-refractivity contribution in [2.75, 3.05) is 13.7 Å². The second-order valence-electron chi connectivity index (χ2n) is 4.24. The van der Waals surface area contributed by atoms with Gasteiger partial charge in [0.1, 0.15) is 16.4 Å². The molecule has 1 aliphatic heterocycles. The van der Waals surface area contributed by atoms with Crippen LogP contribution in [0.3, 0.4) is 0 Å². The Morgan fingerprint density at radius 3 is 3.21 bits per heavy atom. The number of hydrogen-bond acceptors (Lipinski definition) is 5. The molecular formula is C13H15BrN2O3. The summed E-state index contributed by atoms with van der Waals surface area (Å²) in [6.45, 7) is 0.750. The largest absolute Gasteiger partial charge is 0.468 e. The molecule has 1 saturated heterocycles. The fraction of sp³-hybridized carbons (Fsp3) is 0.385. The van der Waals surface area contributed by atoms with Crippen molar-refractivity contribution in [3.63, 3.8) is 0 Å². The van der Waals surface area contributed by atoms with E-state index in [0.717, 1.165) is 17.6 Å². The molecular weight excluding hydrogens is 312 g/mol. The highest BCUT2D eigenvalue weighted by Gasteiger charge is 2.28. The van der Waals surface area contributed by atoms with E-state index < -0.39 is 0 Å². The molecule has 102 valence electrons. The van der Waals surface area contributed by atoms with Crippen molar-refractivity contribution in [1.82, 2.24) is 10.3 Å². The summed E-state index contributed by atoms with van der Waals surface area (Å²) in [5, 5.41) is 3.12. The molecule has 1 aromatic heterocycles. The molecule has 0 saturated carbocycles. The lowest BCUT2D eigenvalue weighted by molar-refractivity contribution is -0.142. The van der Waals surface area contributed by atoms with Gasteiger partial charge in [-0.1, -0.05) is 0 Å². The van der Waals surface area contributed by atoms with Gasteiger partial charge in [0.05, 0.1) is 13.4 Å². The van der Waals surface area contributed by atoms with Gasteiger partial charge in [-0.2, -0.15) is 0 Å². The second kappa shape index (κ2) is 6.68. The summed E-state index contributed by atoms with van der Waals surface area (Å²) in [4.78, 5) is 15.4. The van der Waals surface area contributed by atoms with Crippen molar-refractivity contribution in [1.29, 1.82) is 0 Å². The Labute approximate surface area is 120 Å². The summed E-state index contributed by atoms with van der Waals surface area (Å²) in [7, 11) is 1.40. The first kappa shape index (κ1) is 14.0. The maximum Gasteiger partial charge on any atom is 0.322 e. The van der Waals surface area contributed by atoms with Crippen LogP contribution in [0.4, 0.5) is 0 Å². The van der Waals surface area contributed by atoms with E-state index in [4.69, 9.17) is 9.47 Å². The molecule has 2 heterocycles. The normalized spacial score (nSPS) is 22.6. The zero-order valence-corrected chi connectivity index (χ0v) is 12.1. The maximum atomic E-state index is 11.3. The lowest BCUT2D eigenvalue weighted by Gasteiger charge is -2.06. The van der Waals surface area contributed by atoms with Gasteiger partial charge in [0.2, 0.25) is 0 Å². The molecule has 1 N–H and O–H groups in total. The monoisotopic (exact) mass is 326 g/mol. The molecule has 0 bridgehead atoms. The summed E-state index contributed by atoms with van der Waals surface area (Å²) in [6, 6.07) is 3.35. The van der Waals surface area contributed by atoms with Crippen LogP contribution in [0.15, 0.2) is 35.3 Å². The Morgan fingerprint density at radius 1 is 1.63 bits per heavy atom. The number of carbonyl (C=O) groups excluding carboxylic acids is 1. The molecule has 0 amide bonds. The van der Waals surface area contributed by atoms with Gasteiger partial charge in [0, 0.05) is 18.8 Å². The fourth-order valence-corrected chi connectivity index (χ4v) is 2.26. The second-order valence-corrected chi connectivity index (χ2v) is 5.05. The van der Waals surface area contributed by atoms with E-state index in [2.05, 4.69) is 26.2 Å². The minimum Gasteiger partial charge on any atom is -0.468 e. The van der Waals surface area contributed by atoms with Gasteiger partial charge >= 0.3 is 5.97 Å². The number of hydrogen-bond donors (Lipinski definition) is 1. The summed E-state index contributed by atoms with van der Waals surface area (Å²) < 4.78 is 10.9. The molecule has 0 spiro atoms. The van der Waals surface area contributed by atoms with Crippen molar-refractivity contribution in [3.8, 4) is 5.75 Å². The molecule has 5 nitrogen and oxygen atoms in total. The third kappa shape index (κ3) is 4.04. The topological polar surface area (TPSA) is 60.5 Å². The van der Waals surface area contributed by atoms with Crippen LogP contribution in [0.1, 0.15) is 6.42 Å². The summed E-state index contributed by atoms with van der Waals surface area (Å²) in [6.07, 6.45) is 5.99. The van der Waals surface area contributed by atoms with Crippen LogP contribution in [0.5, 0.6) is 5.75 Å². The van der Waals surface area contributed by atoms with E-state index in [1.807, 2.05) is 6.08 Å². The highest BCUT2D eigenvalue weighted by molar-refractivity contribution is 9.10. The molecule has 1 aromatic rings. The number of rotatable bonds is 4. The number of carbonyl (C=O) groups is 1. The first-order chi connectivity index (χ1) is 9.19. The standard InChI is InChI=1S/C13H15BrN2O3/c1-18-13(17)11-6-9(8-16-11)3-5-19-10-2-4-15-12(14)7-10/h2-5,7,9,11,16H,6,8H2,1H3/b5-3+/t9?,11-/m0/s1. The zero-order chi connectivity index (χ0) is 13.7. The summed E-state index contributed by atoms with van der Waals surface area (Å²) in [5.74, 6) is 0.776. The minimum absolute atomic E-state index is 0.213. The lowest BCUT2D eigenvalue weighted by Crippen LogP contribution is -2.31. The number of halogens is 1. The number of nitrogens with one attached hydrogen (secondary N) is 1. The van der Waals surface area contributed by atoms with Crippen molar-refractivity contribution in [2.45, 2.75) is 12.5 Å². The van der Waals surface area contributed by atoms with Gasteiger partial charge in [0.15, 0.2) is 0 Å². The Bertz CT molecular complexity index is 479. The molecule has 19 heavy (non-hydrogen) atoms. The molecule has 1 aliphatic rings. The quantitative estimate of drug-likeness (QED) is 0.520. The van der Waals surface area contributed by atoms with Gasteiger partial charge in [-0.15, -0.1) is 0 Å². The van der Waals surface area contributed by atoms with Crippen LogP contribution in [0, 0.1) is 5.92 Å². The first-order valence-electron chi connectivity index (χ1n) is 5.95. The fourth-order valence-electron chi connectivity index (χ4n) is 1.92. The molecule has 0 radical (unpaired) electrons. The molecule has 6 heteroatoms. The van der Waals surface area contributed by atoms with Gasteiger partial charge in [0.25, 0.3) is 0 Å². The van der Waals surface area contributed by atoms with Gasteiger partial charge in [-0.05, 0) is 40.4 Å². The summed E-state index contributed by atoms with van der Waals surface area (Å²) >= 11 is 3.28. The molecule has 2 rings (SSSR count). The smallest absolute Gasteiger partial charge is 0.322 e. The SMILES string of the molecule is COC(=O)[C@@H]1CC(/C=C/Oc2ccnc(Br)c2)CN1. The molecule has 1 unspecified atom stereocenters. The Hall–Kier alpha value is -1.40. The van der Waals surface area contributed by atoms with Crippen molar-refractivity contribution >= 4 is 21.9 Å². The van der Waals surface area contributed by atoms with Crippen molar-refractivity contribution in [2.24, 2.45) is 5.92 Å². The van der Waals surface area contributed by atoms with E-state index in [0.29, 0.717) is 5.75 Å². The minimum atomic E-state index is -0.213. The third-order valence-electron chi connectivity index (χ3n) is 2.90. The number of nitrogens with zero attached hydrogens (tertiary/aromatic N) is 1. The number of pyridine rings is 1. The zero-order valence-electron chi connectivity index (χ0n) is 10.5. The van der Waals surface area contributed by atoms with Crippen molar-refractivity contribution < 1.29 is 14.3 Å². The van der Waals surface area contributed by atoms with Gasteiger partial charge < -0.3 is 14.8 Å². The van der Waals surface area contributed by atoms with E-state index in [-0.39, 0.29) is 17.9 Å². The summed E-state index contributed by atoms with van der Waals surface area (Å²) in [5.41, 5.74) is 0. The third-order valence-corrected chi connectivity index (χ3v) is 3.34. The molecule has 2 atom stereocenters. The van der Waals surface area contributed by atoms with Gasteiger partial charge in [-0.3, -0.25) is 4.79 Å². The van der Waals surface area contributed by atoms with Crippen LogP contribution in [-0.2, 0) is 9.53 Å². The maximum absolute atomic E-state index is 11.3. The van der Waals surface area contributed by atoms with E-state index in [1.165, 1.54) is 7.11 Å². The number of methoxy groups -OCH3 is 1. The first-order valence-corrected chi connectivity index (χ1v) is 6.74. The Morgan fingerprint density at radius 2 is 2.47 bits per heavy atom. The van der Waals surface area contributed by atoms with Crippen molar-refractivity contribution in [3.05, 3.63) is 35.3 Å². The lowest BCUT2D eigenvalue weighted by atomic mass is 10.1. The van der Waals surface area contributed by atoms with Crippen LogP contribution >= 0.6 is 15.9 Å². The Kier molecular flexibility index (Phi) is 4.93. The average Bonchev–Trinajstić information content (AvgIpc) is 2.87. The Balaban J connectivity index is 1.82. The predicted octanol–water partition coefficient (Wildman–Crippen LogP) is 1.89. The van der Waals surface area contributed by atoms with Crippen LogP contribution < -0.4 is 10.1 Å². The van der Waals surface area contributed by atoms with Crippen LogP contribution in [-0.4, -0.2) is 30.6 Å².